The van der Waals surface area contributed by atoms with Gasteiger partial charge in [-0.2, -0.15) is 0 Å². The van der Waals surface area contributed by atoms with Crippen molar-refractivity contribution < 1.29 is 9.47 Å². The van der Waals surface area contributed by atoms with E-state index in [0.717, 1.165) is 0 Å². The van der Waals surface area contributed by atoms with Crippen molar-refractivity contribution in [3.05, 3.63) is 0 Å². The normalized spacial score (nSPS) is 31.9. The number of hydrogen-bond acceptors (Lipinski definition) is 2. The van der Waals surface area contributed by atoms with Crippen LogP contribution in [0.2, 0.25) is 0 Å². The molecule has 0 aromatic rings. The standard InChI is InChI=1S/C14H28O2/c1-9(2)15-11-13(5,6)12(14(11,7)8)16-10(3)4/h9-12H,1-8H3/t11-,12+. The minimum atomic E-state index is 0.109. The molecule has 1 fully saturated rings. The summed E-state index contributed by atoms with van der Waals surface area (Å²) in [5.41, 5.74) is 0.218. The Bertz CT molecular complexity index is 203. The molecule has 0 unspecified atom stereocenters. The molecule has 0 aliphatic heterocycles. The van der Waals surface area contributed by atoms with Crippen LogP contribution in [0.25, 0.3) is 0 Å². The summed E-state index contributed by atoms with van der Waals surface area (Å²) >= 11 is 0. The van der Waals surface area contributed by atoms with Gasteiger partial charge in [0, 0.05) is 10.8 Å². The van der Waals surface area contributed by atoms with Crippen LogP contribution in [0.4, 0.5) is 0 Å². The van der Waals surface area contributed by atoms with Crippen molar-refractivity contribution in [2.45, 2.75) is 79.8 Å². The van der Waals surface area contributed by atoms with E-state index in [4.69, 9.17) is 9.47 Å². The van der Waals surface area contributed by atoms with Crippen molar-refractivity contribution in [1.29, 1.82) is 0 Å². The van der Waals surface area contributed by atoms with Crippen molar-refractivity contribution in [3.63, 3.8) is 0 Å². The summed E-state index contributed by atoms with van der Waals surface area (Å²) in [6.45, 7) is 17.4. The highest BCUT2D eigenvalue weighted by molar-refractivity contribution is 5.12. The Hall–Kier alpha value is -0.0800. The fourth-order valence-corrected chi connectivity index (χ4v) is 3.34. The molecule has 0 heterocycles. The number of ether oxygens (including phenoxy) is 2. The number of rotatable bonds is 4. The maximum absolute atomic E-state index is 6.05. The van der Waals surface area contributed by atoms with Crippen molar-refractivity contribution in [3.8, 4) is 0 Å². The van der Waals surface area contributed by atoms with Gasteiger partial charge in [0.25, 0.3) is 0 Å². The van der Waals surface area contributed by atoms with Crippen LogP contribution in [-0.2, 0) is 9.47 Å². The van der Waals surface area contributed by atoms with Gasteiger partial charge in [-0.05, 0) is 27.7 Å². The average Bonchev–Trinajstić information content (AvgIpc) is 2.09. The van der Waals surface area contributed by atoms with Crippen molar-refractivity contribution in [1.82, 2.24) is 0 Å². The van der Waals surface area contributed by atoms with E-state index in [1.54, 1.807) is 0 Å². The summed E-state index contributed by atoms with van der Waals surface area (Å²) in [5.74, 6) is 0. The Morgan fingerprint density at radius 1 is 0.688 bits per heavy atom. The molecule has 1 aliphatic rings. The van der Waals surface area contributed by atoms with Crippen LogP contribution in [0, 0.1) is 10.8 Å². The quantitative estimate of drug-likeness (QED) is 0.731. The van der Waals surface area contributed by atoms with Gasteiger partial charge in [-0.1, -0.05) is 27.7 Å². The van der Waals surface area contributed by atoms with E-state index in [9.17, 15) is 0 Å². The van der Waals surface area contributed by atoms with Gasteiger partial charge in [0.2, 0.25) is 0 Å². The van der Waals surface area contributed by atoms with E-state index in [0.29, 0.717) is 0 Å². The zero-order chi connectivity index (χ0) is 12.7. The molecule has 2 nitrogen and oxygen atoms in total. The highest BCUT2D eigenvalue weighted by Gasteiger charge is 2.63. The SMILES string of the molecule is CC(C)O[C@H]1C(C)(C)[C@@H](OC(C)C)C1(C)C. The lowest BCUT2D eigenvalue weighted by molar-refractivity contribution is -0.298. The molecular formula is C14H28O2. The highest BCUT2D eigenvalue weighted by atomic mass is 16.5. The molecule has 1 aliphatic carbocycles. The zero-order valence-corrected chi connectivity index (χ0v) is 12.1. The van der Waals surface area contributed by atoms with Gasteiger partial charge >= 0.3 is 0 Å². The van der Waals surface area contributed by atoms with E-state index in [-0.39, 0.29) is 35.2 Å². The molecule has 16 heavy (non-hydrogen) atoms. The van der Waals surface area contributed by atoms with Crippen LogP contribution >= 0.6 is 0 Å². The molecule has 0 N–H and O–H groups in total. The van der Waals surface area contributed by atoms with Crippen molar-refractivity contribution in [2.24, 2.45) is 10.8 Å². The topological polar surface area (TPSA) is 18.5 Å². The summed E-state index contributed by atoms with van der Waals surface area (Å²) in [6.07, 6.45) is 1.12. The van der Waals surface area contributed by atoms with E-state index < -0.39 is 0 Å². The number of hydrogen-bond donors (Lipinski definition) is 0. The first-order chi connectivity index (χ1) is 7.10. The molecule has 0 bridgehead atoms. The molecule has 0 atom stereocenters. The molecule has 0 spiro atoms. The summed E-state index contributed by atoms with van der Waals surface area (Å²) in [5, 5.41) is 0. The van der Waals surface area contributed by atoms with Crippen molar-refractivity contribution >= 4 is 0 Å². The lowest BCUT2D eigenvalue weighted by atomic mass is 9.50. The molecule has 1 rings (SSSR count). The first kappa shape index (κ1) is 14.0. The van der Waals surface area contributed by atoms with Crippen LogP contribution in [0.3, 0.4) is 0 Å². The van der Waals surface area contributed by atoms with Gasteiger partial charge in [0.1, 0.15) is 0 Å². The van der Waals surface area contributed by atoms with Crippen molar-refractivity contribution in [2.75, 3.05) is 0 Å². The molecule has 0 radical (unpaired) electrons. The van der Waals surface area contributed by atoms with Gasteiger partial charge in [0.15, 0.2) is 0 Å². The second kappa shape index (κ2) is 4.30. The second-order valence-corrected chi connectivity index (χ2v) is 6.77. The first-order valence-electron chi connectivity index (χ1n) is 6.41. The Morgan fingerprint density at radius 2 is 0.938 bits per heavy atom. The predicted molar refractivity (Wildman–Crippen MR) is 67.6 cm³/mol. The van der Waals surface area contributed by atoms with Crippen LogP contribution in [0.5, 0.6) is 0 Å². The predicted octanol–water partition coefficient (Wildman–Crippen LogP) is 3.64. The van der Waals surface area contributed by atoms with Gasteiger partial charge in [-0.3, -0.25) is 0 Å². The monoisotopic (exact) mass is 228 g/mol. The third kappa shape index (κ3) is 2.28. The molecule has 96 valence electrons. The maximum atomic E-state index is 6.05. The molecular weight excluding hydrogens is 200 g/mol. The van der Waals surface area contributed by atoms with Gasteiger partial charge in [-0.25, -0.2) is 0 Å². The smallest absolute Gasteiger partial charge is 0.0730 e. The minimum absolute atomic E-state index is 0.109. The molecule has 2 heteroatoms. The van der Waals surface area contributed by atoms with Gasteiger partial charge in [0.05, 0.1) is 24.4 Å². The molecule has 1 saturated carbocycles. The molecule has 0 amide bonds. The van der Waals surface area contributed by atoms with Gasteiger partial charge in [-0.15, -0.1) is 0 Å². The third-order valence-electron chi connectivity index (χ3n) is 3.52. The van der Waals surface area contributed by atoms with E-state index in [1.807, 2.05) is 0 Å². The third-order valence-corrected chi connectivity index (χ3v) is 3.52. The fraction of sp³-hybridized carbons (Fsp3) is 1.00. The Labute approximate surface area is 101 Å². The maximum Gasteiger partial charge on any atom is 0.0730 e. The van der Waals surface area contributed by atoms with Crippen LogP contribution in [0.15, 0.2) is 0 Å². The highest BCUT2D eigenvalue weighted by Crippen LogP contribution is 2.57. The van der Waals surface area contributed by atoms with Gasteiger partial charge < -0.3 is 9.47 Å². The lowest BCUT2D eigenvalue weighted by Crippen LogP contribution is -2.69. The molecule has 0 saturated heterocycles. The molecule has 0 aromatic heterocycles. The van der Waals surface area contributed by atoms with E-state index in [2.05, 4.69) is 55.4 Å². The summed E-state index contributed by atoms with van der Waals surface area (Å²) in [4.78, 5) is 0. The lowest BCUT2D eigenvalue weighted by Gasteiger charge is -2.63. The Morgan fingerprint density at radius 3 is 1.12 bits per heavy atom. The van der Waals surface area contributed by atoms with E-state index >= 15 is 0 Å². The minimum Gasteiger partial charge on any atom is -0.374 e. The fourth-order valence-electron chi connectivity index (χ4n) is 3.34. The Balaban J connectivity index is 2.77. The van der Waals surface area contributed by atoms with Crippen LogP contribution in [-0.4, -0.2) is 24.4 Å². The first-order valence-corrected chi connectivity index (χ1v) is 6.41. The summed E-state index contributed by atoms with van der Waals surface area (Å²) < 4.78 is 12.1. The zero-order valence-electron chi connectivity index (χ0n) is 12.1. The van der Waals surface area contributed by atoms with Crippen LogP contribution in [0.1, 0.15) is 55.4 Å². The Kier molecular flexibility index (Phi) is 3.76. The van der Waals surface area contributed by atoms with Crippen LogP contribution < -0.4 is 0 Å². The largest absolute Gasteiger partial charge is 0.374 e. The average molecular weight is 228 g/mol. The van der Waals surface area contributed by atoms with E-state index in [1.165, 1.54) is 0 Å². The second-order valence-electron chi connectivity index (χ2n) is 6.77. The molecule has 0 aromatic carbocycles. The summed E-state index contributed by atoms with van der Waals surface area (Å²) in [7, 11) is 0. The summed E-state index contributed by atoms with van der Waals surface area (Å²) in [6, 6.07) is 0.